The van der Waals surface area contributed by atoms with E-state index in [0.29, 0.717) is 50.3 Å². The van der Waals surface area contributed by atoms with E-state index in [-0.39, 0.29) is 58.6 Å². The maximum absolute atomic E-state index is 15.5. The van der Waals surface area contributed by atoms with E-state index >= 15 is 4.39 Å². The van der Waals surface area contributed by atoms with Crippen molar-refractivity contribution in [3.05, 3.63) is 63.7 Å². The molecule has 3 fully saturated rings. The van der Waals surface area contributed by atoms with Gasteiger partial charge in [0.15, 0.2) is 0 Å². The van der Waals surface area contributed by atoms with Crippen LogP contribution < -0.4 is 5.32 Å². The van der Waals surface area contributed by atoms with Gasteiger partial charge in [0.2, 0.25) is 5.91 Å². The minimum absolute atomic E-state index is 0.0348. The number of methoxy groups -OCH3 is 1. The minimum atomic E-state index is -0.753. The van der Waals surface area contributed by atoms with Gasteiger partial charge in [-0.3, -0.25) is 19.3 Å². The molecule has 0 spiro atoms. The summed E-state index contributed by atoms with van der Waals surface area (Å²) in [5.74, 6) is -1.74. The summed E-state index contributed by atoms with van der Waals surface area (Å²) in [6.07, 6.45) is 5.19. The Morgan fingerprint density at radius 1 is 1.06 bits per heavy atom. The lowest BCUT2D eigenvalue weighted by Crippen LogP contribution is -2.44. The maximum atomic E-state index is 15.5. The number of carboxylic acid groups (broad SMARTS) is 1. The first-order valence-corrected chi connectivity index (χ1v) is 18.1. The van der Waals surface area contributed by atoms with E-state index < -0.39 is 11.8 Å². The number of piperidine rings is 1. The molecule has 0 radical (unpaired) electrons. The van der Waals surface area contributed by atoms with Crippen molar-refractivity contribution in [2.75, 3.05) is 45.3 Å². The lowest BCUT2D eigenvalue weighted by molar-refractivity contribution is -0.144. The number of fused-ring (bicyclic) bond motifs is 1. The quantitative estimate of drug-likeness (QED) is 0.236. The number of aliphatic carboxylic acids is 1. The number of ether oxygens (including phenoxy) is 2. The van der Waals surface area contributed by atoms with Crippen LogP contribution in [0, 0.1) is 17.7 Å². The van der Waals surface area contributed by atoms with Crippen molar-refractivity contribution >= 4 is 56.5 Å². The summed E-state index contributed by atoms with van der Waals surface area (Å²) >= 11 is 8.00. The average molecular weight is 700 g/mol. The lowest BCUT2D eigenvalue weighted by Gasteiger charge is -2.35. The zero-order valence-electron chi connectivity index (χ0n) is 27.2. The summed E-state index contributed by atoms with van der Waals surface area (Å²) in [5.41, 5.74) is 0.799. The standard InChI is InChI=1S/C36H43ClFN3O6S/c1-46-19-22-10-12-40(13-11-22)25-16-26(20-47-27-8-6-23(7-9-27)36(44)45)41(18-25)34(42)15-24-14-30(37)32(17-31(24)38)39-35(43)29-21-48-33-5-3-2-4-28(29)33/h2-5,14,17,21-23,25-27H,6-13,15-16,18-20H2,1H3,(H,39,43)(H,44,45)/t23-,25-,26-,27-/m0/s1. The minimum Gasteiger partial charge on any atom is -0.481 e. The van der Waals surface area contributed by atoms with Gasteiger partial charge in [0.25, 0.3) is 5.91 Å². The summed E-state index contributed by atoms with van der Waals surface area (Å²) in [4.78, 5) is 42.6. The van der Waals surface area contributed by atoms with Crippen molar-refractivity contribution in [2.45, 2.75) is 69.6 Å². The van der Waals surface area contributed by atoms with Gasteiger partial charge in [-0.15, -0.1) is 11.3 Å². The van der Waals surface area contributed by atoms with Crippen LogP contribution in [0.3, 0.4) is 0 Å². The van der Waals surface area contributed by atoms with E-state index in [4.69, 9.17) is 21.1 Å². The molecule has 1 aliphatic carbocycles. The Balaban J connectivity index is 1.12. The Hall–Kier alpha value is -3.09. The first kappa shape index (κ1) is 34.8. The molecule has 2 N–H and O–H groups in total. The second-order valence-corrected chi connectivity index (χ2v) is 14.7. The highest BCUT2D eigenvalue weighted by Crippen LogP contribution is 2.33. The van der Waals surface area contributed by atoms with Gasteiger partial charge in [0, 0.05) is 41.8 Å². The second kappa shape index (κ2) is 15.6. The second-order valence-electron chi connectivity index (χ2n) is 13.4. The number of halogens is 2. The highest BCUT2D eigenvalue weighted by molar-refractivity contribution is 7.17. The molecule has 48 heavy (non-hydrogen) atoms. The molecule has 3 aromatic rings. The SMILES string of the molecule is COCC1CCN([C@H]2C[C@@H](CO[C@H]3CC[C@H](C(=O)O)CC3)N(C(=O)Cc3cc(Cl)c(NC(=O)c4csc5ccccc45)cc3F)C2)CC1. The van der Waals surface area contributed by atoms with Crippen LogP contribution in [0.2, 0.25) is 5.02 Å². The van der Waals surface area contributed by atoms with Crippen LogP contribution >= 0.6 is 22.9 Å². The third kappa shape index (κ3) is 8.03. The van der Waals surface area contributed by atoms with Crippen molar-refractivity contribution < 1.29 is 33.4 Å². The van der Waals surface area contributed by atoms with Gasteiger partial charge in [0.1, 0.15) is 5.82 Å². The fourth-order valence-electron chi connectivity index (χ4n) is 7.49. The molecule has 12 heteroatoms. The molecule has 0 bridgehead atoms. The molecule has 9 nitrogen and oxygen atoms in total. The van der Waals surface area contributed by atoms with Crippen LogP contribution in [-0.4, -0.2) is 90.8 Å². The number of hydrogen-bond acceptors (Lipinski definition) is 7. The summed E-state index contributed by atoms with van der Waals surface area (Å²) in [6.45, 7) is 3.52. The fourth-order valence-corrected chi connectivity index (χ4v) is 8.67. The van der Waals surface area contributed by atoms with Crippen molar-refractivity contribution in [1.29, 1.82) is 0 Å². The predicted octanol–water partition coefficient (Wildman–Crippen LogP) is 6.48. The van der Waals surface area contributed by atoms with Gasteiger partial charge in [-0.05, 0) is 87.7 Å². The monoisotopic (exact) mass is 699 g/mol. The number of amides is 2. The van der Waals surface area contributed by atoms with Crippen LogP contribution in [0.5, 0.6) is 0 Å². The van der Waals surface area contributed by atoms with E-state index in [9.17, 15) is 19.5 Å². The van der Waals surface area contributed by atoms with Crippen LogP contribution in [0.25, 0.3) is 10.1 Å². The molecule has 2 saturated heterocycles. The van der Waals surface area contributed by atoms with Gasteiger partial charge in [-0.25, -0.2) is 4.39 Å². The molecule has 2 amide bonds. The number of carbonyl (C=O) groups is 3. The van der Waals surface area contributed by atoms with E-state index in [1.807, 2.05) is 29.2 Å². The molecule has 1 aromatic heterocycles. The van der Waals surface area contributed by atoms with E-state index in [1.165, 1.54) is 23.5 Å². The molecule has 2 aromatic carbocycles. The molecule has 1 saturated carbocycles. The van der Waals surface area contributed by atoms with Gasteiger partial charge < -0.3 is 24.8 Å². The normalized spacial score (nSPS) is 23.9. The Morgan fingerprint density at radius 3 is 2.54 bits per heavy atom. The molecule has 0 unspecified atom stereocenters. The van der Waals surface area contributed by atoms with Crippen molar-refractivity contribution in [3.63, 3.8) is 0 Å². The van der Waals surface area contributed by atoms with Crippen molar-refractivity contribution in [3.8, 4) is 0 Å². The molecule has 3 aliphatic rings. The zero-order chi connectivity index (χ0) is 33.8. The summed E-state index contributed by atoms with van der Waals surface area (Å²) in [5, 5.41) is 14.8. The number of carboxylic acids is 1. The number of benzene rings is 2. The lowest BCUT2D eigenvalue weighted by atomic mass is 9.87. The molecular formula is C36H43ClFN3O6S. The number of hydrogen-bond donors (Lipinski definition) is 2. The fraction of sp³-hybridized carbons (Fsp3) is 0.528. The van der Waals surface area contributed by atoms with Crippen LogP contribution in [-0.2, 0) is 25.5 Å². The number of thiophene rings is 1. The first-order valence-electron chi connectivity index (χ1n) is 16.8. The summed E-state index contributed by atoms with van der Waals surface area (Å²) < 4.78 is 28.2. The molecular weight excluding hydrogens is 657 g/mol. The predicted molar refractivity (Wildman–Crippen MR) is 184 cm³/mol. The van der Waals surface area contributed by atoms with Gasteiger partial charge in [-0.2, -0.15) is 0 Å². The molecule has 258 valence electrons. The highest BCUT2D eigenvalue weighted by atomic mass is 35.5. The largest absolute Gasteiger partial charge is 0.481 e. The first-order chi connectivity index (χ1) is 23.2. The zero-order valence-corrected chi connectivity index (χ0v) is 28.7. The van der Waals surface area contributed by atoms with E-state index in [2.05, 4.69) is 10.2 Å². The van der Waals surface area contributed by atoms with Gasteiger partial charge in [0.05, 0.1) is 47.4 Å². The third-order valence-electron chi connectivity index (χ3n) is 10.3. The van der Waals surface area contributed by atoms with Crippen LogP contribution in [0.4, 0.5) is 10.1 Å². The van der Waals surface area contributed by atoms with Crippen molar-refractivity contribution in [1.82, 2.24) is 9.80 Å². The average Bonchev–Trinajstić information content (AvgIpc) is 3.72. The van der Waals surface area contributed by atoms with E-state index in [0.717, 1.165) is 49.0 Å². The Kier molecular flexibility index (Phi) is 11.3. The highest BCUT2D eigenvalue weighted by Gasteiger charge is 2.40. The van der Waals surface area contributed by atoms with Crippen molar-refractivity contribution in [2.24, 2.45) is 11.8 Å². The Morgan fingerprint density at radius 2 is 1.81 bits per heavy atom. The summed E-state index contributed by atoms with van der Waals surface area (Å²) in [7, 11) is 1.73. The van der Waals surface area contributed by atoms with Crippen LogP contribution in [0.15, 0.2) is 41.8 Å². The van der Waals surface area contributed by atoms with Gasteiger partial charge >= 0.3 is 5.97 Å². The third-order valence-corrected chi connectivity index (χ3v) is 11.6. The number of anilines is 1. The number of nitrogens with one attached hydrogen (secondary N) is 1. The summed E-state index contributed by atoms with van der Waals surface area (Å²) in [6, 6.07) is 10.2. The molecule has 2 atom stereocenters. The molecule has 6 rings (SSSR count). The topological polar surface area (TPSA) is 108 Å². The number of rotatable bonds is 11. The maximum Gasteiger partial charge on any atom is 0.306 e. The van der Waals surface area contributed by atoms with E-state index in [1.54, 1.807) is 12.5 Å². The van der Waals surface area contributed by atoms with Crippen LogP contribution in [0.1, 0.15) is 60.9 Å². The molecule has 2 aliphatic heterocycles. The number of carbonyl (C=O) groups excluding carboxylic acids is 2. The van der Waals surface area contributed by atoms with Gasteiger partial charge in [-0.1, -0.05) is 29.8 Å². The smallest absolute Gasteiger partial charge is 0.306 e. The Bertz CT molecular complexity index is 1620. The molecule has 3 heterocycles. The number of likely N-dealkylation sites (tertiary alicyclic amines) is 2. The number of nitrogens with zero attached hydrogens (tertiary/aromatic N) is 2. The Labute approximate surface area is 289 Å².